The fraction of sp³-hybridized carbons (Fsp3) is 0.591. The molecule has 0 unspecified atom stereocenters. The topological polar surface area (TPSA) is 24.3 Å². The first-order chi connectivity index (χ1) is 12.9. The van der Waals surface area contributed by atoms with E-state index in [0.29, 0.717) is 0 Å². The van der Waals surface area contributed by atoms with Crippen molar-refractivity contribution < 1.29 is 0 Å². The highest BCUT2D eigenvalue weighted by Crippen LogP contribution is 2.25. The first-order valence-electron chi connectivity index (χ1n) is 10.4. The summed E-state index contributed by atoms with van der Waals surface area (Å²) in [5, 5.41) is 0. The zero-order valence-corrected chi connectivity index (χ0v) is 15.9. The summed E-state index contributed by atoms with van der Waals surface area (Å²) in [6, 6.07) is 8.93. The summed E-state index contributed by atoms with van der Waals surface area (Å²) in [5.41, 5.74) is 2.59. The minimum atomic E-state index is 0.964. The molecule has 2 heterocycles. The van der Waals surface area contributed by atoms with E-state index in [1.807, 2.05) is 18.7 Å². The Balaban J connectivity index is 1.27. The second-order valence-electron chi connectivity index (χ2n) is 8.07. The Kier molecular flexibility index (Phi) is 6.03. The predicted octanol–water partition coefficient (Wildman–Crippen LogP) is 3.96. The van der Waals surface area contributed by atoms with Gasteiger partial charge in [-0.15, -0.1) is 0 Å². The Bertz CT molecular complexity index is 643. The summed E-state index contributed by atoms with van der Waals surface area (Å²) in [4.78, 5) is 9.49. The zero-order chi connectivity index (χ0) is 17.6. The molecule has 26 heavy (non-hydrogen) atoms. The van der Waals surface area contributed by atoms with E-state index in [-0.39, 0.29) is 0 Å². The maximum atomic E-state index is 4.12. The van der Waals surface area contributed by atoms with Gasteiger partial charge in [0.2, 0.25) is 0 Å². The normalized spacial score (nSPS) is 20.9. The van der Waals surface area contributed by atoms with Gasteiger partial charge in [-0.2, -0.15) is 0 Å². The summed E-state index contributed by atoms with van der Waals surface area (Å²) in [6.45, 7) is 7.37. The van der Waals surface area contributed by atoms with E-state index in [0.717, 1.165) is 12.5 Å². The molecule has 140 valence electrons. The molecule has 4 nitrogen and oxygen atoms in total. The van der Waals surface area contributed by atoms with Crippen molar-refractivity contribution in [1.82, 2.24) is 19.4 Å². The van der Waals surface area contributed by atoms with Crippen molar-refractivity contribution in [1.29, 1.82) is 0 Å². The fourth-order valence-corrected chi connectivity index (χ4v) is 4.54. The van der Waals surface area contributed by atoms with Crippen LogP contribution in [0.25, 0.3) is 5.69 Å². The number of aromatic nitrogens is 2. The third-order valence-electron chi connectivity index (χ3n) is 6.07. The number of rotatable bonds is 5. The van der Waals surface area contributed by atoms with Crippen molar-refractivity contribution in [2.45, 2.75) is 45.1 Å². The lowest BCUT2D eigenvalue weighted by Gasteiger charge is -2.29. The highest BCUT2D eigenvalue weighted by molar-refractivity contribution is 5.34. The van der Waals surface area contributed by atoms with Crippen molar-refractivity contribution in [3.05, 3.63) is 48.5 Å². The number of benzene rings is 1. The van der Waals surface area contributed by atoms with E-state index in [1.54, 1.807) is 0 Å². The maximum Gasteiger partial charge on any atom is 0.0991 e. The molecule has 0 spiro atoms. The third-order valence-corrected chi connectivity index (χ3v) is 6.07. The molecular weight excluding hydrogens is 320 g/mol. The van der Waals surface area contributed by atoms with Crippen molar-refractivity contribution in [2.24, 2.45) is 5.92 Å². The van der Waals surface area contributed by atoms with Crippen LogP contribution < -0.4 is 0 Å². The first kappa shape index (κ1) is 17.7. The molecule has 1 aliphatic carbocycles. The van der Waals surface area contributed by atoms with Crippen LogP contribution in [-0.4, -0.2) is 52.1 Å². The molecule has 1 aliphatic heterocycles. The van der Waals surface area contributed by atoms with E-state index in [1.165, 1.54) is 82.5 Å². The molecule has 1 saturated heterocycles. The number of nitrogens with zero attached hydrogens (tertiary/aromatic N) is 4. The monoisotopic (exact) mass is 352 g/mol. The largest absolute Gasteiger partial charge is 0.306 e. The third kappa shape index (κ3) is 4.74. The van der Waals surface area contributed by atoms with Crippen LogP contribution in [0.2, 0.25) is 0 Å². The summed E-state index contributed by atoms with van der Waals surface area (Å²) in [7, 11) is 0. The van der Waals surface area contributed by atoms with Crippen LogP contribution in [-0.2, 0) is 6.54 Å². The molecule has 1 aromatic carbocycles. The molecule has 2 aliphatic rings. The Hall–Kier alpha value is -1.65. The molecule has 1 aromatic heterocycles. The summed E-state index contributed by atoms with van der Waals surface area (Å²) >= 11 is 0. The second-order valence-corrected chi connectivity index (χ2v) is 8.07. The van der Waals surface area contributed by atoms with E-state index in [4.69, 9.17) is 0 Å². The van der Waals surface area contributed by atoms with E-state index in [2.05, 4.69) is 43.6 Å². The summed E-state index contributed by atoms with van der Waals surface area (Å²) in [6.07, 6.45) is 14.3. The van der Waals surface area contributed by atoms with Gasteiger partial charge in [-0.05, 0) is 56.0 Å². The molecule has 2 fully saturated rings. The first-order valence-corrected chi connectivity index (χ1v) is 10.4. The second kappa shape index (κ2) is 8.83. The molecule has 0 amide bonds. The van der Waals surface area contributed by atoms with Crippen LogP contribution in [0.4, 0.5) is 0 Å². The highest BCUT2D eigenvalue weighted by atomic mass is 15.2. The standard InChI is InChI=1S/C22H32N4/c1-2-5-20(6-3-1)17-24-12-4-13-25(16-15-24)18-21-7-9-22(10-8-21)26-14-11-23-19-26/h7-11,14,19-20H,1-6,12-13,15-18H2. The number of hydrogen-bond acceptors (Lipinski definition) is 3. The Labute approximate surface area is 157 Å². The van der Waals surface area contributed by atoms with Crippen LogP contribution in [0, 0.1) is 5.92 Å². The molecule has 1 saturated carbocycles. The van der Waals surface area contributed by atoms with Gasteiger partial charge < -0.3 is 9.47 Å². The Morgan fingerprint density at radius 3 is 2.38 bits per heavy atom. The van der Waals surface area contributed by atoms with Gasteiger partial charge in [0.15, 0.2) is 0 Å². The van der Waals surface area contributed by atoms with Gasteiger partial charge in [-0.3, -0.25) is 4.90 Å². The van der Waals surface area contributed by atoms with Crippen molar-refractivity contribution in [3.63, 3.8) is 0 Å². The minimum absolute atomic E-state index is 0.964. The molecule has 4 heteroatoms. The highest BCUT2D eigenvalue weighted by Gasteiger charge is 2.20. The predicted molar refractivity (Wildman–Crippen MR) is 106 cm³/mol. The van der Waals surface area contributed by atoms with Crippen LogP contribution in [0.1, 0.15) is 44.1 Å². The van der Waals surface area contributed by atoms with Gasteiger partial charge in [0.1, 0.15) is 0 Å². The smallest absolute Gasteiger partial charge is 0.0991 e. The minimum Gasteiger partial charge on any atom is -0.306 e. The summed E-state index contributed by atoms with van der Waals surface area (Å²) in [5.74, 6) is 0.964. The molecule has 0 atom stereocenters. The van der Waals surface area contributed by atoms with Gasteiger partial charge in [-0.1, -0.05) is 31.4 Å². The molecule has 0 bridgehead atoms. The lowest BCUT2D eigenvalue weighted by Crippen LogP contribution is -2.34. The lowest BCUT2D eigenvalue weighted by molar-refractivity contribution is 0.200. The lowest BCUT2D eigenvalue weighted by atomic mass is 9.89. The van der Waals surface area contributed by atoms with Crippen LogP contribution in [0.3, 0.4) is 0 Å². The molecule has 4 rings (SSSR count). The van der Waals surface area contributed by atoms with Crippen LogP contribution in [0.15, 0.2) is 43.0 Å². The van der Waals surface area contributed by atoms with Gasteiger partial charge in [0, 0.05) is 44.3 Å². The molecular formula is C22H32N4. The molecule has 0 N–H and O–H groups in total. The average Bonchev–Trinajstić information content (AvgIpc) is 3.13. The Morgan fingerprint density at radius 2 is 1.62 bits per heavy atom. The van der Waals surface area contributed by atoms with Crippen LogP contribution >= 0.6 is 0 Å². The van der Waals surface area contributed by atoms with Crippen LogP contribution in [0.5, 0.6) is 0 Å². The van der Waals surface area contributed by atoms with E-state index < -0.39 is 0 Å². The zero-order valence-electron chi connectivity index (χ0n) is 15.9. The van der Waals surface area contributed by atoms with E-state index >= 15 is 0 Å². The number of hydrogen-bond donors (Lipinski definition) is 0. The SMILES string of the molecule is c1cn(-c2ccc(CN3CCCN(CC4CCCCC4)CC3)cc2)cn1. The quantitative estimate of drug-likeness (QED) is 0.814. The number of imidazole rings is 1. The molecule has 2 aromatic rings. The van der Waals surface area contributed by atoms with Gasteiger partial charge in [-0.25, -0.2) is 4.98 Å². The van der Waals surface area contributed by atoms with E-state index in [9.17, 15) is 0 Å². The van der Waals surface area contributed by atoms with Gasteiger partial charge in [0.05, 0.1) is 6.33 Å². The fourth-order valence-electron chi connectivity index (χ4n) is 4.54. The molecule has 0 radical (unpaired) electrons. The average molecular weight is 353 g/mol. The van der Waals surface area contributed by atoms with Crippen molar-refractivity contribution >= 4 is 0 Å². The van der Waals surface area contributed by atoms with Crippen molar-refractivity contribution in [2.75, 3.05) is 32.7 Å². The maximum absolute atomic E-state index is 4.12. The Morgan fingerprint density at radius 1 is 0.846 bits per heavy atom. The van der Waals surface area contributed by atoms with Crippen molar-refractivity contribution in [3.8, 4) is 5.69 Å². The van der Waals surface area contributed by atoms with Gasteiger partial charge >= 0.3 is 0 Å². The summed E-state index contributed by atoms with van der Waals surface area (Å²) < 4.78 is 2.05. The van der Waals surface area contributed by atoms with Gasteiger partial charge in [0.25, 0.3) is 0 Å².